The summed E-state index contributed by atoms with van der Waals surface area (Å²) in [6.07, 6.45) is -1.49. The minimum absolute atomic E-state index is 0.176. The van der Waals surface area contributed by atoms with E-state index in [4.69, 9.17) is 14.2 Å². The van der Waals surface area contributed by atoms with Crippen LogP contribution in [0, 0.1) is 0 Å². The van der Waals surface area contributed by atoms with Gasteiger partial charge in [0.15, 0.2) is 0 Å². The first-order valence-corrected chi connectivity index (χ1v) is 4.77. The number of hydrogen-bond donors (Lipinski definition) is 2. The molecule has 2 aliphatic heterocycles. The van der Waals surface area contributed by atoms with Crippen LogP contribution in [0.2, 0.25) is 0 Å². The summed E-state index contributed by atoms with van der Waals surface area (Å²) in [5.74, 6) is 0. The maximum absolute atomic E-state index is 9.88. The van der Waals surface area contributed by atoms with Crippen molar-refractivity contribution in [3.05, 3.63) is 0 Å². The molecule has 5 atom stereocenters. The second-order valence-corrected chi connectivity index (χ2v) is 3.93. The quantitative estimate of drug-likeness (QED) is 0.494. The summed E-state index contributed by atoms with van der Waals surface area (Å²) in [4.78, 5) is 0. The topological polar surface area (TPSA) is 68.2 Å². The van der Waals surface area contributed by atoms with E-state index in [0.717, 1.165) is 0 Å². The van der Waals surface area contributed by atoms with Crippen molar-refractivity contribution in [3.63, 3.8) is 0 Å². The molecule has 2 fully saturated rings. The first-order valence-electron chi connectivity index (χ1n) is 4.77. The number of aliphatic hydroxyl groups is 2. The zero-order valence-corrected chi connectivity index (χ0v) is 8.34. The van der Waals surface area contributed by atoms with Crippen LogP contribution in [-0.2, 0) is 14.2 Å². The van der Waals surface area contributed by atoms with E-state index in [2.05, 4.69) is 0 Å². The molecule has 0 amide bonds. The van der Waals surface area contributed by atoms with Gasteiger partial charge in [-0.05, 0) is 0 Å². The van der Waals surface area contributed by atoms with E-state index in [9.17, 15) is 10.2 Å². The number of fused-ring (bicyclic) bond motifs is 2. The lowest BCUT2D eigenvalue weighted by atomic mass is 9.90. The van der Waals surface area contributed by atoms with Crippen LogP contribution < -0.4 is 0 Å². The van der Waals surface area contributed by atoms with E-state index >= 15 is 0 Å². The van der Waals surface area contributed by atoms with E-state index in [0.29, 0.717) is 6.61 Å². The lowest BCUT2D eigenvalue weighted by Crippen LogP contribution is -2.53. The van der Waals surface area contributed by atoms with E-state index < -0.39 is 11.7 Å². The van der Waals surface area contributed by atoms with Gasteiger partial charge >= 0.3 is 0 Å². The molecule has 14 heavy (non-hydrogen) atoms. The summed E-state index contributed by atoms with van der Waals surface area (Å²) >= 11 is 0. The third-order valence-electron chi connectivity index (χ3n) is 3.11. The minimum Gasteiger partial charge on any atom is -0.393 e. The third-order valence-corrected chi connectivity index (χ3v) is 3.11. The average molecular weight is 202 g/mol. The Morgan fingerprint density at radius 1 is 1.57 bits per heavy atom. The van der Waals surface area contributed by atoms with Crippen LogP contribution in [0.15, 0.2) is 0 Å². The van der Waals surface area contributed by atoms with Crippen LogP contribution in [-0.4, -0.2) is 68.3 Å². The van der Waals surface area contributed by atoms with Crippen LogP contribution in [0.1, 0.15) is 0 Å². The highest BCUT2D eigenvalue weighted by Crippen LogP contribution is 2.43. The monoisotopic (exact) mass is 202 g/mol. The summed E-state index contributed by atoms with van der Waals surface area (Å²) < 4.78 is 16.1. The van der Waals surface area contributed by atoms with Gasteiger partial charge in [-0.2, -0.15) is 0 Å². The normalized spacial score (nSPS) is 51.4. The van der Waals surface area contributed by atoms with Gasteiger partial charge in [-0.3, -0.25) is 0 Å². The summed E-state index contributed by atoms with van der Waals surface area (Å²) in [7, 11) is 3.38. The first-order chi connectivity index (χ1) is 6.65. The van der Waals surface area contributed by atoms with Gasteiger partial charge in [-0.1, -0.05) is 0 Å². The van der Waals surface area contributed by atoms with Crippen molar-refractivity contribution in [2.24, 2.45) is 0 Å². The number of methoxy groups -OCH3 is 1. The summed E-state index contributed by atoms with van der Waals surface area (Å²) in [5, 5.41) is 19.2. The highest BCUT2D eigenvalue weighted by Gasteiger charge is 2.64. The molecule has 0 radical (unpaired) electrons. The zero-order valence-electron chi connectivity index (χ0n) is 8.34. The number of aliphatic hydroxyl groups excluding tert-OH is 2. The molecule has 2 heterocycles. The van der Waals surface area contributed by atoms with E-state index in [1.165, 1.54) is 0 Å². The Labute approximate surface area is 83.4 Å². The Bertz CT molecular complexity index is 226. The molecule has 6 heteroatoms. The summed E-state index contributed by atoms with van der Waals surface area (Å²) in [6, 6.07) is -0.176. The fraction of sp³-hybridized carbons (Fsp3) is 1.00. The predicted molar refractivity (Wildman–Crippen MR) is 49.8 cm³/mol. The molecule has 2 saturated heterocycles. The van der Waals surface area contributed by atoms with Gasteiger partial charge in [0.25, 0.3) is 0 Å². The molecule has 2 aliphatic rings. The Balaban J connectivity index is 2.20. The molecule has 0 aromatic carbocycles. The van der Waals surface area contributed by atoms with Crippen molar-refractivity contribution < 1.29 is 24.4 Å². The van der Waals surface area contributed by atoms with E-state index in [1.807, 2.05) is 7.85 Å². The minimum atomic E-state index is -0.986. The van der Waals surface area contributed by atoms with Crippen LogP contribution in [0.4, 0.5) is 0 Å². The lowest BCUT2D eigenvalue weighted by Gasteiger charge is -2.34. The smallest absolute Gasteiger partial charge is 0.147 e. The van der Waals surface area contributed by atoms with Crippen molar-refractivity contribution >= 4 is 7.85 Å². The number of hydrogen-bond acceptors (Lipinski definition) is 5. The Morgan fingerprint density at radius 3 is 2.79 bits per heavy atom. The van der Waals surface area contributed by atoms with Gasteiger partial charge in [0.05, 0.1) is 19.2 Å². The van der Waals surface area contributed by atoms with Crippen molar-refractivity contribution in [2.75, 3.05) is 20.3 Å². The molecule has 2 N–H and O–H groups in total. The molecule has 0 aliphatic carbocycles. The average Bonchev–Trinajstić information content (AvgIpc) is 2.56. The van der Waals surface area contributed by atoms with Gasteiger partial charge in [-0.15, -0.1) is 0 Å². The maximum atomic E-state index is 9.88. The van der Waals surface area contributed by atoms with Crippen LogP contribution in [0.3, 0.4) is 0 Å². The summed E-state index contributed by atoms with van der Waals surface area (Å²) in [5.41, 5.74) is -0.986. The van der Waals surface area contributed by atoms with Gasteiger partial charge in [-0.25, -0.2) is 0 Å². The van der Waals surface area contributed by atoms with E-state index in [-0.39, 0.29) is 24.8 Å². The fourth-order valence-electron chi connectivity index (χ4n) is 2.34. The van der Waals surface area contributed by atoms with Crippen molar-refractivity contribution in [3.8, 4) is 0 Å². The van der Waals surface area contributed by atoms with Gasteiger partial charge in [0.2, 0.25) is 0 Å². The highest BCUT2D eigenvalue weighted by molar-refractivity contribution is 6.11. The SMILES string of the molecule is B[C@@H]1O[C@@]2(CO)C(COC)O[C@@H]1[C@@H]2O. The molecular weight excluding hydrogens is 187 g/mol. The largest absolute Gasteiger partial charge is 0.393 e. The molecule has 0 aromatic rings. The molecule has 0 saturated carbocycles. The van der Waals surface area contributed by atoms with Crippen LogP contribution >= 0.6 is 0 Å². The summed E-state index contributed by atoms with van der Waals surface area (Å²) in [6.45, 7) is 0.0733. The van der Waals surface area contributed by atoms with Gasteiger partial charge < -0.3 is 24.4 Å². The van der Waals surface area contributed by atoms with Crippen LogP contribution in [0.25, 0.3) is 0 Å². The Kier molecular flexibility index (Phi) is 2.57. The third kappa shape index (κ3) is 1.15. The predicted octanol–water partition coefficient (Wildman–Crippen LogP) is -2.52. The van der Waals surface area contributed by atoms with Crippen LogP contribution in [0.5, 0.6) is 0 Å². The molecular formula is C8H15BO5. The fourth-order valence-corrected chi connectivity index (χ4v) is 2.34. The molecule has 80 valence electrons. The number of rotatable bonds is 3. The van der Waals surface area contributed by atoms with Crippen molar-refractivity contribution in [1.82, 2.24) is 0 Å². The molecule has 2 bridgehead atoms. The van der Waals surface area contributed by atoms with Crippen molar-refractivity contribution in [2.45, 2.75) is 29.9 Å². The van der Waals surface area contributed by atoms with Crippen molar-refractivity contribution in [1.29, 1.82) is 0 Å². The standard InChI is InChI=1S/C8H15BO5/c1-12-2-4-8(3-10)6(11)5(13-4)7(9)14-8/h4-7,10-11H,2-3,9H2,1H3/t4?,5-,6+,7-,8+/m1/s1. The molecule has 5 nitrogen and oxygen atoms in total. The zero-order chi connectivity index (χ0) is 10.3. The lowest BCUT2D eigenvalue weighted by molar-refractivity contribution is -0.192. The first kappa shape index (κ1) is 10.4. The second kappa shape index (κ2) is 3.46. The maximum Gasteiger partial charge on any atom is 0.147 e. The van der Waals surface area contributed by atoms with Gasteiger partial charge in [0.1, 0.15) is 31.8 Å². The second-order valence-electron chi connectivity index (χ2n) is 3.93. The Hall–Kier alpha value is -0.135. The molecule has 2 rings (SSSR count). The molecule has 0 aromatic heterocycles. The Morgan fingerprint density at radius 2 is 2.29 bits per heavy atom. The number of ether oxygens (including phenoxy) is 3. The van der Waals surface area contributed by atoms with E-state index in [1.54, 1.807) is 7.11 Å². The molecule has 1 unspecified atom stereocenters. The molecule has 0 spiro atoms. The van der Waals surface area contributed by atoms with Gasteiger partial charge in [0, 0.05) is 7.11 Å². The highest BCUT2D eigenvalue weighted by atomic mass is 16.7.